The highest BCUT2D eigenvalue weighted by Gasteiger charge is 2.47. The number of phosphoric acid groups is 1. The Hall–Kier alpha value is -1.77. The molecule has 1 aromatic rings. The summed E-state index contributed by atoms with van der Waals surface area (Å²) in [5, 5.41) is 25.0. The van der Waals surface area contributed by atoms with Gasteiger partial charge in [-0.05, 0) is 0 Å². The van der Waals surface area contributed by atoms with Gasteiger partial charge in [-0.3, -0.25) is 20.0 Å². The smallest absolute Gasteiger partial charge is 0.387 e. The highest BCUT2D eigenvalue weighted by atomic mass is 31.2. The van der Waals surface area contributed by atoms with Gasteiger partial charge in [0.25, 0.3) is 5.91 Å². The molecule has 1 aromatic heterocycles. The molecule has 15 heteroatoms. The normalized spacial score (nSPS) is 32.2. The first-order valence-corrected chi connectivity index (χ1v) is 8.50. The van der Waals surface area contributed by atoms with Crippen LogP contribution in [0.25, 0.3) is 0 Å². The molecule has 0 saturated carbocycles. The number of aliphatic hydroxyl groups excluding tert-OH is 2. The second-order valence-electron chi connectivity index (χ2n) is 5.45. The molecule has 25 heavy (non-hydrogen) atoms. The summed E-state index contributed by atoms with van der Waals surface area (Å²) in [4.78, 5) is 43.6. The average molecular weight is 381 g/mol. The molecular formula is C10H16N5O9P. The van der Waals surface area contributed by atoms with Crippen LogP contribution in [0.5, 0.6) is 0 Å². The third-order valence-corrected chi connectivity index (χ3v) is 4.22. The van der Waals surface area contributed by atoms with Crippen molar-refractivity contribution in [3.05, 3.63) is 16.2 Å². The van der Waals surface area contributed by atoms with Crippen molar-refractivity contribution in [2.75, 3.05) is 11.9 Å². The summed E-state index contributed by atoms with van der Waals surface area (Å²) in [6.45, 7) is -0.728. The third kappa shape index (κ3) is 3.33. The standard InChI is InChI=1S/C10H16N5O9P/c11-9-13-6-3(7(18)14-9)12-10(19)15(6)8-5(17)4(16)2(24-8)1-23-25(20,21)22/h2,4-5,8-9,13,16-17H,1,11H2,(H,12,19)(H,14,18)(H2,20,21,22)/t2-,4-,5-,8-,9?/m1/s1. The monoisotopic (exact) mass is 381 g/mol. The van der Waals surface area contributed by atoms with E-state index in [4.69, 9.17) is 20.3 Å². The lowest BCUT2D eigenvalue weighted by Crippen LogP contribution is -2.51. The summed E-state index contributed by atoms with van der Waals surface area (Å²) in [5.74, 6) is -0.722. The van der Waals surface area contributed by atoms with Gasteiger partial charge in [-0.15, -0.1) is 0 Å². The second kappa shape index (κ2) is 6.19. The second-order valence-corrected chi connectivity index (χ2v) is 6.69. The van der Waals surface area contributed by atoms with Gasteiger partial charge in [0, 0.05) is 0 Å². The summed E-state index contributed by atoms with van der Waals surface area (Å²) in [7, 11) is -4.82. The third-order valence-electron chi connectivity index (χ3n) is 3.73. The van der Waals surface area contributed by atoms with E-state index in [2.05, 4.69) is 20.1 Å². The lowest BCUT2D eigenvalue weighted by Gasteiger charge is -2.25. The van der Waals surface area contributed by atoms with Crippen molar-refractivity contribution in [1.82, 2.24) is 14.9 Å². The van der Waals surface area contributed by atoms with Gasteiger partial charge in [0.05, 0.1) is 6.61 Å². The lowest BCUT2D eigenvalue weighted by molar-refractivity contribution is -0.0526. The maximum absolute atomic E-state index is 12.1. The maximum atomic E-state index is 12.1. The number of aromatic amines is 1. The van der Waals surface area contributed by atoms with Crippen molar-refractivity contribution in [2.45, 2.75) is 30.8 Å². The number of nitrogens with one attached hydrogen (secondary N) is 3. The van der Waals surface area contributed by atoms with Gasteiger partial charge in [-0.1, -0.05) is 0 Å². The van der Waals surface area contributed by atoms with Gasteiger partial charge in [0.1, 0.15) is 29.8 Å². The Kier molecular flexibility index (Phi) is 4.47. The first-order chi connectivity index (χ1) is 11.6. The molecule has 0 bridgehead atoms. The van der Waals surface area contributed by atoms with Gasteiger partial charge < -0.3 is 35.4 Å². The van der Waals surface area contributed by atoms with E-state index >= 15 is 0 Å². The number of ether oxygens (including phenoxy) is 1. The number of hydrogen-bond acceptors (Lipinski definition) is 9. The van der Waals surface area contributed by atoms with E-state index < -0.39 is 56.9 Å². The Morgan fingerprint density at radius 3 is 2.56 bits per heavy atom. The maximum Gasteiger partial charge on any atom is 0.469 e. The van der Waals surface area contributed by atoms with Crippen LogP contribution in [0.1, 0.15) is 16.7 Å². The molecule has 1 saturated heterocycles. The van der Waals surface area contributed by atoms with Crippen molar-refractivity contribution in [2.24, 2.45) is 5.73 Å². The number of carbonyl (C=O) groups is 1. The molecule has 140 valence electrons. The van der Waals surface area contributed by atoms with E-state index in [-0.39, 0.29) is 11.5 Å². The highest BCUT2D eigenvalue weighted by Crippen LogP contribution is 2.38. The van der Waals surface area contributed by atoms with Gasteiger partial charge >= 0.3 is 13.5 Å². The molecule has 2 aliphatic rings. The van der Waals surface area contributed by atoms with Crippen LogP contribution in [-0.2, 0) is 13.8 Å². The minimum atomic E-state index is -4.82. The van der Waals surface area contributed by atoms with E-state index in [1.54, 1.807) is 0 Å². The molecule has 5 atom stereocenters. The molecule has 0 aliphatic carbocycles. The van der Waals surface area contributed by atoms with E-state index in [0.29, 0.717) is 0 Å². The molecule has 3 heterocycles. The predicted octanol–water partition coefficient (Wildman–Crippen LogP) is -3.70. The summed E-state index contributed by atoms with van der Waals surface area (Å²) < 4.78 is 21.2. The number of phosphoric ester groups is 1. The number of nitrogens with zero attached hydrogens (tertiary/aromatic N) is 1. The summed E-state index contributed by atoms with van der Waals surface area (Å²) in [5.41, 5.74) is 4.60. The number of fused-ring (bicyclic) bond motifs is 1. The average Bonchev–Trinajstić information content (AvgIpc) is 2.95. The number of H-pyrrole nitrogens is 1. The van der Waals surface area contributed by atoms with Crippen LogP contribution < -0.4 is 22.1 Å². The lowest BCUT2D eigenvalue weighted by atomic mass is 10.1. The Balaban J connectivity index is 1.89. The van der Waals surface area contributed by atoms with E-state index in [9.17, 15) is 24.4 Å². The number of amides is 1. The zero-order valence-electron chi connectivity index (χ0n) is 12.4. The molecule has 1 fully saturated rings. The van der Waals surface area contributed by atoms with Crippen molar-refractivity contribution >= 4 is 19.5 Å². The van der Waals surface area contributed by atoms with Gasteiger partial charge in [0.15, 0.2) is 12.5 Å². The summed E-state index contributed by atoms with van der Waals surface area (Å²) in [6.07, 6.45) is -7.00. The van der Waals surface area contributed by atoms with Crippen molar-refractivity contribution in [1.29, 1.82) is 0 Å². The van der Waals surface area contributed by atoms with Crippen LogP contribution in [-0.4, -0.2) is 66.7 Å². The SMILES string of the molecule is NC1NC(=O)c2[nH]c(=O)n([C@@H]3O[C@H](COP(=O)(O)O)[C@@H](O)[C@H]3O)c2N1. The summed E-state index contributed by atoms with van der Waals surface area (Å²) in [6, 6.07) is 0. The first-order valence-electron chi connectivity index (χ1n) is 6.97. The Morgan fingerprint density at radius 2 is 1.92 bits per heavy atom. The Bertz CT molecular complexity index is 786. The van der Waals surface area contributed by atoms with Crippen molar-refractivity contribution in [3.63, 3.8) is 0 Å². The van der Waals surface area contributed by atoms with Gasteiger partial charge in [-0.25, -0.2) is 13.9 Å². The molecule has 9 N–H and O–H groups in total. The van der Waals surface area contributed by atoms with E-state index in [1.165, 1.54) is 0 Å². The molecule has 0 aromatic carbocycles. The molecule has 0 radical (unpaired) electrons. The highest BCUT2D eigenvalue weighted by molar-refractivity contribution is 7.46. The zero-order chi connectivity index (χ0) is 18.5. The first kappa shape index (κ1) is 18.0. The number of aromatic nitrogens is 2. The predicted molar refractivity (Wildman–Crippen MR) is 78.0 cm³/mol. The number of anilines is 1. The van der Waals surface area contributed by atoms with Crippen LogP contribution >= 0.6 is 7.82 Å². The fourth-order valence-corrected chi connectivity index (χ4v) is 2.99. The molecule has 14 nitrogen and oxygen atoms in total. The van der Waals surface area contributed by atoms with E-state index in [1.807, 2.05) is 0 Å². The van der Waals surface area contributed by atoms with E-state index in [0.717, 1.165) is 4.57 Å². The van der Waals surface area contributed by atoms with Gasteiger partial charge in [-0.2, -0.15) is 0 Å². The quantitative estimate of drug-likeness (QED) is 0.237. The van der Waals surface area contributed by atoms with Crippen LogP contribution in [0.4, 0.5) is 5.82 Å². The summed E-state index contributed by atoms with van der Waals surface area (Å²) >= 11 is 0. The van der Waals surface area contributed by atoms with Crippen molar-refractivity contribution < 1.29 is 38.6 Å². The topological polar surface area (TPSA) is 221 Å². The van der Waals surface area contributed by atoms with Crippen LogP contribution in [0.3, 0.4) is 0 Å². The fraction of sp³-hybridized carbons (Fsp3) is 0.600. The number of carbonyl (C=O) groups excluding carboxylic acids is 1. The molecule has 0 spiro atoms. The van der Waals surface area contributed by atoms with Crippen LogP contribution in [0, 0.1) is 0 Å². The number of imidazole rings is 1. The number of hydrogen-bond donors (Lipinski definition) is 8. The largest absolute Gasteiger partial charge is 0.469 e. The van der Waals surface area contributed by atoms with Crippen LogP contribution in [0.15, 0.2) is 4.79 Å². The molecule has 3 rings (SSSR count). The molecular weight excluding hydrogens is 365 g/mol. The molecule has 1 unspecified atom stereocenters. The minimum absolute atomic E-state index is 0.0611. The van der Waals surface area contributed by atoms with Crippen LogP contribution in [0.2, 0.25) is 0 Å². The Labute approximate surface area is 138 Å². The zero-order valence-corrected chi connectivity index (χ0v) is 13.3. The number of rotatable bonds is 4. The molecule has 1 amide bonds. The molecule has 2 aliphatic heterocycles. The van der Waals surface area contributed by atoms with Crippen molar-refractivity contribution in [3.8, 4) is 0 Å². The minimum Gasteiger partial charge on any atom is -0.387 e. The number of aliphatic hydroxyl groups is 2. The fourth-order valence-electron chi connectivity index (χ4n) is 2.64. The van der Waals surface area contributed by atoms with Gasteiger partial charge in [0.2, 0.25) is 0 Å². The number of nitrogens with two attached hydrogens (primary N) is 1. The Morgan fingerprint density at radius 1 is 1.24 bits per heavy atom.